The van der Waals surface area contributed by atoms with Crippen LogP contribution >= 0.6 is 0 Å². The van der Waals surface area contributed by atoms with E-state index in [2.05, 4.69) is 21.3 Å². The highest BCUT2D eigenvalue weighted by atomic mass is 32.2. The number of ketones is 2. The molecule has 1 saturated heterocycles. The van der Waals surface area contributed by atoms with E-state index in [1.807, 2.05) is 37.3 Å². The Morgan fingerprint density at radius 2 is 1.46 bits per heavy atom. The normalized spacial score (nSPS) is 17.0. The van der Waals surface area contributed by atoms with Gasteiger partial charge in [-0.1, -0.05) is 74.5 Å². The molecule has 4 amide bonds. The van der Waals surface area contributed by atoms with Gasteiger partial charge in [-0.2, -0.15) is 0 Å². The van der Waals surface area contributed by atoms with Gasteiger partial charge in [0.1, 0.15) is 22.2 Å². The molecule has 0 bridgehead atoms. The fourth-order valence-electron chi connectivity index (χ4n) is 8.45. The van der Waals surface area contributed by atoms with Crippen molar-refractivity contribution in [1.82, 2.24) is 20.9 Å². The number of nitrogens with zero attached hydrogens (tertiary/aromatic N) is 1. The van der Waals surface area contributed by atoms with Crippen molar-refractivity contribution in [3.05, 3.63) is 113 Å². The third-order valence-electron chi connectivity index (χ3n) is 12.1. The molecule has 18 nitrogen and oxygen atoms in total. The highest BCUT2D eigenvalue weighted by Gasteiger charge is 2.39. The third-order valence-corrected chi connectivity index (χ3v) is 14.7. The summed E-state index contributed by atoms with van der Waals surface area (Å²) in [5.41, 5.74) is 11.0. The minimum Gasteiger partial charge on any atom is -0.744 e. The van der Waals surface area contributed by atoms with Gasteiger partial charge in [-0.15, -0.1) is 0 Å². The molecule has 356 valence electrons. The molecule has 0 radical (unpaired) electrons. The largest absolute Gasteiger partial charge is 0.744 e. The predicted octanol–water partition coefficient (Wildman–Crippen LogP) is 2.81. The molecule has 4 aromatic rings. The summed E-state index contributed by atoms with van der Waals surface area (Å²) in [4.78, 5) is 80.4. The molecule has 6 rings (SSSR count). The van der Waals surface area contributed by atoms with E-state index in [-0.39, 0.29) is 51.3 Å². The summed E-state index contributed by atoms with van der Waals surface area (Å²) in [6, 6.07) is 18.6. The Bertz CT molecular complexity index is 2820. The molecule has 6 atom stereocenters. The number of nitrogen functional groups attached to an aromatic ring is 1. The first-order valence-electron chi connectivity index (χ1n) is 21.8. The standard InChI is InChI=1S/C47H55N7O11S2/c1-26(35(23-30-12-6-5-7-13-30)53-46(59)37-18-11-20-54(37)47(60)29(4)51-45(58)28(3)48)22-27(2)44(57)50-19-21-66(61,62)32-15-10-14-31(24-32)52-36-25-38(67(63,64)65)41(49)40-39(36)42(55)33-16-8-9-17-34(33)43(40)56/h5-10,12-17,24-29,35,37,52H,11,18-23,48-49H2,1-4H3,(H,50,57)(H,51,58)(H,53,59)(H,63,64,65)/p-1. The highest BCUT2D eigenvalue weighted by molar-refractivity contribution is 7.91. The SMILES string of the molecule is CC(N)C(=O)NC(C)C(=O)N1CCCC1C(=O)NC(Cc1ccccc1)C(C)CC(C)C(=O)NCCS(=O)(=O)c1cccc(Nc2cc(S(=O)(=O)[O-])c(N)c3c2C(=O)c2ccccc2C3=O)c1. The van der Waals surface area contributed by atoms with Gasteiger partial charge >= 0.3 is 0 Å². The Kier molecular flexibility index (Phi) is 15.3. The Labute approximate surface area is 389 Å². The molecule has 20 heteroatoms. The van der Waals surface area contributed by atoms with Gasteiger partial charge in [-0.05, 0) is 75.3 Å². The molecule has 1 fully saturated rings. The second-order valence-electron chi connectivity index (χ2n) is 17.1. The third kappa shape index (κ3) is 11.4. The summed E-state index contributed by atoms with van der Waals surface area (Å²) in [7, 11) is -9.32. The zero-order valence-electron chi connectivity index (χ0n) is 37.4. The number of nitrogens with one attached hydrogen (secondary N) is 4. The quantitative estimate of drug-likeness (QED) is 0.0544. The van der Waals surface area contributed by atoms with E-state index in [0.29, 0.717) is 32.2 Å². The van der Waals surface area contributed by atoms with Crippen LogP contribution in [-0.2, 0) is 45.6 Å². The van der Waals surface area contributed by atoms with Crippen molar-refractivity contribution in [3.8, 4) is 0 Å². The Balaban J connectivity index is 1.11. The monoisotopic (exact) mass is 956 g/mol. The first-order chi connectivity index (χ1) is 31.6. The predicted molar refractivity (Wildman–Crippen MR) is 248 cm³/mol. The second kappa shape index (κ2) is 20.6. The lowest BCUT2D eigenvalue weighted by Crippen LogP contribution is -2.55. The topological polar surface area (TPSA) is 297 Å². The molecule has 1 aliphatic heterocycles. The van der Waals surface area contributed by atoms with E-state index in [0.717, 1.165) is 11.6 Å². The summed E-state index contributed by atoms with van der Waals surface area (Å²) < 4.78 is 64.0. The van der Waals surface area contributed by atoms with Gasteiger partial charge in [-0.25, -0.2) is 16.8 Å². The number of anilines is 3. The van der Waals surface area contributed by atoms with E-state index in [4.69, 9.17) is 11.5 Å². The zero-order valence-corrected chi connectivity index (χ0v) is 39.0. The smallest absolute Gasteiger partial charge is 0.245 e. The Morgan fingerprint density at radius 3 is 2.10 bits per heavy atom. The Morgan fingerprint density at radius 1 is 0.821 bits per heavy atom. The molecule has 6 unspecified atom stereocenters. The molecule has 67 heavy (non-hydrogen) atoms. The van der Waals surface area contributed by atoms with Crippen LogP contribution < -0.4 is 32.7 Å². The maximum atomic E-state index is 13.9. The van der Waals surface area contributed by atoms with Gasteiger partial charge in [0.25, 0.3) is 0 Å². The number of amides is 4. The van der Waals surface area contributed by atoms with Crippen LogP contribution in [0, 0.1) is 11.8 Å². The van der Waals surface area contributed by atoms with Crippen molar-refractivity contribution < 1.29 is 50.2 Å². The number of fused-ring (bicyclic) bond motifs is 2. The number of likely N-dealkylation sites (tertiary alicyclic amines) is 1. The number of sulfone groups is 1. The Hall–Kier alpha value is -6.48. The molecule has 0 aromatic heterocycles. The summed E-state index contributed by atoms with van der Waals surface area (Å²) in [6.45, 7) is 6.73. The second-order valence-corrected chi connectivity index (χ2v) is 20.6. The van der Waals surface area contributed by atoms with Crippen LogP contribution in [-0.4, -0.2) is 104 Å². The van der Waals surface area contributed by atoms with Crippen molar-refractivity contribution >= 4 is 72.2 Å². The first-order valence-corrected chi connectivity index (χ1v) is 24.8. The van der Waals surface area contributed by atoms with Gasteiger partial charge in [-0.3, -0.25) is 28.8 Å². The van der Waals surface area contributed by atoms with Crippen LogP contribution in [0.1, 0.15) is 84.4 Å². The lowest BCUT2D eigenvalue weighted by atomic mass is 9.82. The molecule has 1 heterocycles. The van der Waals surface area contributed by atoms with E-state index in [1.165, 1.54) is 54.3 Å². The zero-order chi connectivity index (χ0) is 49.0. The average molecular weight is 957 g/mol. The molecular weight excluding hydrogens is 903 g/mol. The van der Waals surface area contributed by atoms with Crippen molar-refractivity contribution in [1.29, 1.82) is 0 Å². The summed E-state index contributed by atoms with van der Waals surface area (Å²) >= 11 is 0. The van der Waals surface area contributed by atoms with E-state index >= 15 is 0 Å². The van der Waals surface area contributed by atoms with Gasteiger partial charge < -0.3 is 42.2 Å². The van der Waals surface area contributed by atoms with Crippen LogP contribution in [0.25, 0.3) is 0 Å². The molecule has 8 N–H and O–H groups in total. The maximum absolute atomic E-state index is 13.9. The molecule has 4 aromatic carbocycles. The van der Waals surface area contributed by atoms with E-state index < -0.39 is 101 Å². The summed E-state index contributed by atoms with van der Waals surface area (Å²) in [5, 5.41) is 11.2. The van der Waals surface area contributed by atoms with Crippen LogP contribution in [0.2, 0.25) is 0 Å². The van der Waals surface area contributed by atoms with Crippen LogP contribution in [0.15, 0.2) is 94.7 Å². The van der Waals surface area contributed by atoms with Gasteiger partial charge in [0.15, 0.2) is 21.4 Å². The van der Waals surface area contributed by atoms with Crippen LogP contribution in [0.5, 0.6) is 0 Å². The molecule has 1 aliphatic carbocycles. The lowest BCUT2D eigenvalue weighted by molar-refractivity contribution is -0.141. The van der Waals surface area contributed by atoms with Crippen molar-refractivity contribution in [3.63, 3.8) is 0 Å². The first kappa shape index (κ1) is 49.9. The number of hydrogen-bond donors (Lipinski definition) is 6. The fraction of sp³-hybridized carbons (Fsp3) is 0.362. The van der Waals surface area contributed by atoms with E-state index in [9.17, 15) is 50.2 Å². The molecule has 0 saturated carbocycles. The van der Waals surface area contributed by atoms with Gasteiger partial charge in [0.2, 0.25) is 23.6 Å². The summed E-state index contributed by atoms with van der Waals surface area (Å²) in [6.07, 6.45) is 1.76. The fourth-order valence-corrected chi connectivity index (χ4v) is 10.3. The molecule has 0 spiro atoms. The summed E-state index contributed by atoms with van der Waals surface area (Å²) in [5.74, 6) is -4.49. The minimum atomic E-state index is -5.25. The number of benzene rings is 4. The van der Waals surface area contributed by atoms with Crippen LogP contribution in [0.4, 0.5) is 17.1 Å². The van der Waals surface area contributed by atoms with Gasteiger partial charge in [0.05, 0.1) is 44.1 Å². The minimum absolute atomic E-state index is 0.0277. The van der Waals surface area contributed by atoms with Crippen molar-refractivity contribution in [2.45, 2.75) is 87.3 Å². The molecule has 2 aliphatic rings. The van der Waals surface area contributed by atoms with Crippen molar-refractivity contribution in [2.75, 3.05) is 29.9 Å². The maximum Gasteiger partial charge on any atom is 0.245 e. The number of carbonyl (C=O) groups is 6. The van der Waals surface area contributed by atoms with E-state index in [1.54, 1.807) is 19.9 Å². The van der Waals surface area contributed by atoms with Crippen molar-refractivity contribution in [2.24, 2.45) is 17.6 Å². The number of hydrogen-bond acceptors (Lipinski definition) is 14. The number of rotatable bonds is 18. The average Bonchev–Trinajstić information content (AvgIpc) is 3.78. The van der Waals surface area contributed by atoms with Crippen LogP contribution in [0.3, 0.4) is 0 Å². The highest BCUT2D eigenvalue weighted by Crippen LogP contribution is 2.40. The molecular formula is C47H54N7O11S2-. The van der Waals surface area contributed by atoms with Gasteiger partial charge in [0, 0.05) is 41.9 Å². The number of carbonyl (C=O) groups excluding carboxylic acids is 6. The lowest BCUT2D eigenvalue weighted by Gasteiger charge is -2.31. The number of nitrogens with two attached hydrogens (primary N) is 2.